The van der Waals surface area contributed by atoms with Gasteiger partial charge in [0.1, 0.15) is 11.4 Å². The summed E-state index contributed by atoms with van der Waals surface area (Å²) in [5.74, 6) is 1.92. The topological polar surface area (TPSA) is 67.3 Å². The number of methoxy groups -OCH3 is 1. The van der Waals surface area contributed by atoms with E-state index < -0.39 is 0 Å². The van der Waals surface area contributed by atoms with Gasteiger partial charge in [-0.05, 0) is 49.8 Å². The Bertz CT molecular complexity index is 794. The third-order valence-electron chi connectivity index (χ3n) is 4.89. The molecule has 1 N–H and O–H groups in total. The smallest absolute Gasteiger partial charge is 0.272 e. The number of amides is 1. The lowest BCUT2D eigenvalue weighted by atomic mass is 10.00. The van der Waals surface area contributed by atoms with Gasteiger partial charge in [0.2, 0.25) is 5.95 Å². The molecule has 3 rings (SSSR count). The van der Waals surface area contributed by atoms with Crippen LogP contribution in [0, 0.1) is 12.8 Å². The molecule has 2 heterocycles. The zero-order valence-corrected chi connectivity index (χ0v) is 16.4. The molecule has 0 saturated carbocycles. The van der Waals surface area contributed by atoms with E-state index in [4.69, 9.17) is 4.74 Å². The van der Waals surface area contributed by atoms with E-state index >= 15 is 0 Å². The summed E-state index contributed by atoms with van der Waals surface area (Å²) in [4.78, 5) is 23.6. The van der Waals surface area contributed by atoms with Gasteiger partial charge in [0, 0.05) is 25.3 Å². The summed E-state index contributed by atoms with van der Waals surface area (Å²) in [6.07, 6.45) is 3.03. The highest BCUT2D eigenvalue weighted by molar-refractivity contribution is 5.92. The number of likely N-dealkylation sites (tertiary alicyclic amines) is 1. The van der Waals surface area contributed by atoms with Crippen LogP contribution in [0.5, 0.6) is 5.75 Å². The number of aromatic nitrogens is 2. The second-order valence-corrected chi connectivity index (χ2v) is 7.21. The Morgan fingerprint density at radius 2 is 2.15 bits per heavy atom. The number of nitrogens with zero attached hydrogens (tertiary/aromatic N) is 3. The predicted molar refractivity (Wildman–Crippen MR) is 106 cm³/mol. The maximum Gasteiger partial charge on any atom is 0.272 e. The fraction of sp³-hybridized carbons (Fsp3) is 0.476. The zero-order valence-electron chi connectivity index (χ0n) is 16.4. The van der Waals surface area contributed by atoms with Gasteiger partial charge in [-0.3, -0.25) is 4.79 Å². The lowest BCUT2D eigenvalue weighted by Crippen LogP contribution is -2.39. The first-order chi connectivity index (χ1) is 13.1. The van der Waals surface area contributed by atoms with Gasteiger partial charge in [0.25, 0.3) is 5.91 Å². The van der Waals surface area contributed by atoms with E-state index in [1.165, 1.54) is 6.42 Å². The number of piperidine rings is 1. The van der Waals surface area contributed by atoms with Gasteiger partial charge in [0.15, 0.2) is 0 Å². The lowest BCUT2D eigenvalue weighted by Gasteiger charge is -2.30. The molecule has 0 radical (unpaired) electrons. The summed E-state index contributed by atoms with van der Waals surface area (Å²) in [5.41, 5.74) is 2.38. The van der Waals surface area contributed by atoms with Crippen molar-refractivity contribution in [1.29, 1.82) is 0 Å². The van der Waals surface area contributed by atoms with E-state index in [1.807, 2.05) is 36.1 Å². The Labute approximate surface area is 161 Å². The maximum absolute atomic E-state index is 12.8. The molecule has 27 heavy (non-hydrogen) atoms. The number of aryl methyl sites for hydroxylation is 1. The Hall–Kier alpha value is -2.63. The molecule has 0 spiro atoms. The van der Waals surface area contributed by atoms with Crippen LogP contribution in [0.2, 0.25) is 0 Å². The number of benzene rings is 1. The summed E-state index contributed by atoms with van der Waals surface area (Å²) in [6.45, 7) is 6.36. The van der Waals surface area contributed by atoms with Gasteiger partial charge >= 0.3 is 0 Å². The molecular weight excluding hydrogens is 340 g/mol. The molecule has 1 aliphatic heterocycles. The number of para-hydroxylation sites is 1. The summed E-state index contributed by atoms with van der Waals surface area (Å²) in [5, 5.41) is 3.24. The van der Waals surface area contributed by atoms with Crippen molar-refractivity contribution in [2.45, 2.75) is 33.1 Å². The lowest BCUT2D eigenvalue weighted by molar-refractivity contribution is 0.0677. The highest BCUT2D eigenvalue weighted by atomic mass is 16.5. The first-order valence-corrected chi connectivity index (χ1v) is 9.57. The predicted octanol–water partition coefficient (Wildman–Crippen LogP) is 3.32. The van der Waals surface area contributed by atoms with Crippen molar-refractivity contribution >= 4 is 11.9 Å². The third kappa shape index (κ3) is 4.96. The van der Waals surface area contributed by atoms with E-state index in [1.54, 1.807) is 13.2 Å². The van der Waals surface area contributed by atoms with E-state index in [2.05, 4.69) is 22.2 Å². The molecular formula is C21H28N4O2. The van der Waals surface area contributed by atoms with Crippen molar-refractivity contribution in [3.8, 4) is 5.75 Å². The summed E-state index contributed by atoms with van der Waals surface area (Å²) >= 11 is 0. The van der Waals surface area contributed by atoms with Gasteiger partial charge in [-0.25, -0.2) is 9.97 Å². The molecule has 0 aliphatic carbocycles. The molecule has 1 atom stereocenters. The quantitative estimate of drug-likeness (QED) is 0.847. The molecule has 1 unspecified atom stereocenters. The van der Waals surface area contributed by atoms with E-state index in [0.29, 0.717) is 24.1 Å². The SMILES string of the molecule is COc1ccccc1CCNc1nc(C)cc(C(=O)N2CCCC(C)C2)n1. The van der Waals surface area contributed by atoms with Crippen LogP contribution in [0.3, 0.4) is 0 Å². The molecule has 2 aromatic rings. The summed E-state index contributed by atoms with van der Waals surface area (Å²) in [7, 11) is 1.68. The first-order valence-electron chi connectivity index (χ1n) is 9.57. The van der Waals surface area contributed by atoms with Gasteiger partial charge in [-0.2, -0.15) is 0 Å². The fourth-order valence-electron chi connectivity index (χ4n) is 3.51. The average molecular weight is 368 g/mol. The van der Waals surface area contributed by atoms with Crippen LogP contribution >= 0.6 is 0 Å². The van der Waals surface area contributed by atoms with Crippen LogP contribution in [0.4, 0.5) is 5.95 Å². The minimum absolute atomic E-state index is 0.000159. The minimum atomic E-state index is -0.000159. The molecule has 1 aromatic heterocycles. The molecule has 0 bridgehead atoms. The molecule has 1 amide bonds. The Kier molecular flexibility index (Phi) is 6.27. The molecule has 1 aromatic carbocycles. The number of carbonyl (C=O) groups excluding carboxylic acids is 1. The standard InChI is InChI=1S/C21H28N4O2/c1-15-7-6-12-25(14-15)20(26)18-13-16(2)23-21(24-18)22-11-10-17-8-4-5-9-19(17)27-3/h4-5,8-9,13,15H,6-7,10-12,14H2,1-3H3,(H,22,23,24). The number of hydrogen-bond acceptors (Lipinski definition) is 5. The zero-order chi connectivity index (χ0) is 19.2. The second kappa shape index (κ2) is 8.84. The molecule has 1 aliphatic rings. The van der Waals surface area contributed by atoms with Crippen LogP contribution in [-0.4, -0.2) is 47.5 Å². The Balaban J connectivity index is 1.65. The Morgan fingerprint density at radius 1 is 1.33 bits per heavy atom. The number of carbonyl (C=O) groups is 1. The van der Waals surface area contributed by atoms with Gasteiger partial charge in [0.05, 0.1) is 7.11 Å². The van der Waals surface area contributed by atoms with Crippen molar-refractivity contribution in [2.75, 3.05) is 32.1 Å². The van der Waals surface area contributed by atoms with Crippen LogP contribution in [0.25, 0.3) is 0 Å². The summed E-state index contributed by atoms with van der Waals surface area (Å²) in [6, 6.07) is 9.72. The number of anilines is 1. The van der Waals surface area contributed by atoms with Crippen LogP contribution in [-0.2, 0) is 6.42 Å². The fourth-order valence-corrected chi connectivity index (χ4v) is 3.51. The van der Waals surface area contributed by atoms with E-state index in [0.717, 1.165) is 42.9 Å². The average Bonchev–Trinajstić information content (AvgIpc) is 2.67. The normalized spacial score (nSPS) is 16.9. The number of ether oxygens (including phenoxy) is 1. The molecule has 1 fully saturated rings. The molecule has 1 saturated heterocycles. The molecule has 6 heteroatoms. The van der Waals surface area contributed by atoms with E-state index in [9.17, 15) is 4.79 Å². The van der Waals surface area contributed by atoms with Crippen LogP contribution < -0.4 is 10.1 Å². The highest BCUT2D eigenvalue weighted by Crippen LogP contribution is 2.19. The van der Waals surface area contributed by atoms with Crippen molar-refractivity contribution in [3.05, 3.63) is 47.3 Å². The minimum Gasteiger partial charge on any atom is -0.496 e. The van der Waals surface area contributed by atoms with Crippen molar-refractivity contribution in [3.63, 3.8) is 0 Å². The number of rotatable bonds is 6. The Morgan fingerprint density at radius 3 is 2.93 bits per heavy atom. The van der Waals surface area contributed by atoms with Gasteiger partial charge in [-0.15, -0.1) is 0 Å². The van der Waals surface area contributed by atoms with Crippen LogP contribution in [0.15, 0.2) is 30.3 Å². The largest absolute Gasteiger partial charge is 0.496 e. The van der Waals surface area contributed by atoms with Crippen molar-refractivity contribution in [2.24, 2.45) is 5.92 Å². The summed E-state index contributed by atoms with van der Waals surface area (Å²) < 4.78 is 5.38. The van der Waals surface area contributed by atoms with Crippen LogP contribution in [0.1, 0.15) is 41.5 Å². The molecule has 144 valence electrons. The van der Waals surface area contributed by atoms with Gasteiger partial charge in [-0.1, -0.05) is 25.1 Å². The van der Waals surface area contributed by atoms with E-state index in [-0.39, 0.29) is 5.91 Å². The van der Waals surface area contributed by atoms with Crippen molar-refractivity contribution < 1.29 is 9.53 Å². The maximum atomic E-state index is 12.8. The number of hydrogen-bond donors (Lipinski definition) is 1. The third-order valence-corrected chi connectivity index (χ3v) is 4.89. The molecule has 6 nitrogen and oxygen atoms in total. The highest BCUT2D eigenvalue weighted by Gasteiger charge is 2.23. The monoisotopic (exact) mass is 368 g/mol. The first kappa shape index (κ1) is 19.1. The number of nitrogens with one attached hydrogen (secondary N) is 1. The van der Waals surface area contributed by atoms with Gasteiger partial charge < -0.3 is 15.0 Å². The second-order valence-electron chi connectivity index (χ2n) is 7.21. The van der Waals surface area contributed by atoms with Crippen molar-refractivity contribution in [1.82, 2.24) is 14.9 Å².